The first kappa shape index (κ1) is 21.8. The summed E-state index contributed by atoms with van der Waals surface area (Å²) in [4.78, 5) is 19.3. The summed E-state index contributed by atoms with van der Waals surface area (Å²) < 4.78 is 16.5. The molecule has 0 bridgehead atoms. The molecule has 8 nitrogen and oxygen atoms in total. The number of carbonyl (C=O) groups is 1. The first-order valence-electron chi connectivity index (χ1n) is 10.7. The summed E-state index contributed by atoms with van der Waals surface area (Å²) in [5.74, 6) is 2.22. The van der Waals surface area contributed by atoms with Gasteiger partial charge >= 0.3 is 0 Å². The summed E-state index contributed by atoms with van der Waals surface area (Å²) in [6.45, 7) is 8.98. The Balaban J connectivity index is 1.27. The molecule has 168 valence electrons. The molecule has 1 aromatic carbocycles. The molecule has 1 unspecified atom stereocenters. The van der Waals surface area contributed by atoms with Gasteiger partial charge in [0.1, 0.15) is 23.9 Å². The van der Waals surface area contributed by atoms with Crippen molar-refractivity contribution in [1.82, 2.24) is 15.5 Å². The molecule has 2 aromatic heterocycles. The lowest BCUT2D eigenvalue weighted by Crippen LogP contribution is -2.41. The van der Waals surface area contributed by atoms with E-state index in [0.29, 0.717) is 31.1 Å². The van der Waals surface area contributed by atoms with Crippen LogP contribution in [0.2, 0.25) is 0 Å². The van der Waals surface area contributed by atoms with Crippen LogP contribution in [0.3, 0.4) is 0 Å². The Bertz CT molecular complexity index is 1030. The van der Waals surface area contributed by atoms with Crippen LogP contribution in [0.15, 0.2) is 47.1 Å². The number of hydrogen-bond donors (Lipinski definition) is 1. The van der Waals surface area contributed by atoms with Crippen LogP contribution in [-0.4, -0.2) is 41.8 Å². The normalized spacial score (nSPS) is 16.1. The largest absolute Gasteiger partial charge is 0.489 e. The molecule has 1 aliphatic rings. The SMILES string of the molecule is Cc1noc(C)c1COc1ccc(C(=O)NCc2ccc(N3CCOC(C)C3)nc2)cc1. The molecule has 8 heteroatoms. The Morgan fingerprint density at radius 1 is 1.22 bits per heavy atom. The van der Waals surface area contributed by atoms with Crippen molar-refractivity contribution in [3.05, 3.63) is 70.7 Å². The number of benzene rings is 1. The fourth-order valence-corrected chi connectivity index (χ4v) is 3.59. The first-order valence-corrected chi connectivity index (χ1v) is 10.7. The van der Waals surface area contributed by atoms with Crippen molar-refractivity contribution in [2.75, 3.05) is 24.6 Å². The number of aromatic nitrogens is 2. The van der Waals surface area contributed by atoms with Crippen LogP contribution in [0.5, 0.6) is 5.75 Å². The summed E-state index contributed by atoms with van der Waals surface area (Å²) >= 11 is 0. The number of anilines is 1. The summed E-state index contributed by atoms with van der Waals surface area (Å²) in [7, 11) is 0. The number of hydrogen-bond acceptors (Lipinski definition) is 7. The maximum Gasteiger partial charge on any atom is 0.251 e. The molecule has 0 saturated carbocycles. The molecule has 1 saturated heterocycles. The molecule has 3 heterocycles. The Labute approximate surface area is 187 Å². The van der Waals surface area contributed by atoms with E-state index in [2.05, 4.69) is 27.3 Å². The molecule has 0 radical (unpaired) electrons. The third kappa shape index (κ3) is 5.26. The third-order valence-electron chi connectivity index (χ3n) is 5.51. The highest BCUT2D eigenvalue weighted by Gasteiger charge is 2.17. The number of nitrogens with one attached hydrogen (secondary N) is 1. The van der Waals surface area contributed by atoms with Crippen molar-refractivity contribution in [2.45, 2.75) is 40.0 Å². The zero-order chi connectivity index (χ0) is 22.5. The van der Waals surface area contributed by atoms with Crippen LogP contribution < -0.4 is 15.0 Å². The van der Waals surface area contributed by atoms with Gasteiger partial charge in [0, 0.05) is 31.4 Å². The number of carbonyl (C=O) groups excluding carboxylic acids is 1. The van der Waals surface area contributed by atoms with Gasteiger partial charge in [-0.1, -0.05) is 11.2 Å². The van der Waals surface area contributed by atoms with Gasteiger partial charge in [-0.25, -0.2) is 4.98 Å². The zero-order valence-corrected chi connectivity index (χ0v) is 18.6. The minimum absolute atomic E-state index is 0.145. The summed E-state index contributed by atoms with van der Waals surface area (Å²) in [5, 5.41) is 6.86. The number of amides is 1. The highest BCUT2D eigenvalue weighted by Crippen LogP contribution is 2.18. The molecule has 1 atom stereocenters. The molecule has 0 spiro atoms. The Kier molecular flexibility index (Phi) is 6.70. The lowest BCUT2D eigenvalue weighted by molar-refractivity contribution is 0.0529. The van der Waals surface area contributed by atoms with Crippen LogP contribution in [0.25, 0.3) is 0 Å². The van der Waals surface area contributed by atoms with Crippen molar-refractivity contribution in [2.24, 2.45) is 0 Å². The number of nitrogens with zero attached hydrogens (tertiary/aromatic N) is 3. The van der Waals surface area contributed by atoms with E-state index in [9.17, 15) is 4.79 Å². The van der Waals surface area contributed by atoms with E-state index in [0.717, 1.165) is 41.5 Å². The van der Waals surface area contributed by atoms with Crippen molar-refractivity contribution >= 4 is 11.7 Å². The van der Waals surface area contributed by atoms with Crippen LogP contribution in [0.1, 0.15) is 39.9 Å². The van der Waals surface area contributed by atoms with Crippen molar-refractivity contribution < 1.29 is 18.8 Å². The third-order valence-corrected chi connectivity index (χ3v) is 5.51. The number of ether oxygens (including phenoxy) is 2. The van der Waals surface area contributed by atoms with E-state index < -0.39 is 0 Å². The second-order valence-corrected chi connectivity index (χ2v) is 7.95. The predicted octanol–water partition coefficient (Wildman–Crippen LogP) is 3.42. The highest BCUT2D eigenvalue weighted by atomic mass is 16.5. The Hall–Kier alpha value is -3.39. The molecule has 3 aromatic rings. The second-order valence-electron chi connectivity index (χ2n) is 7.95. The molecule has 32 heavy (non-hydrogen) atoms. The van der Waals surface area contributed by atoms with Gasteiger partial charge in [-0.15, -0.1) is 0 Å². The van der Waals surface area contributed by atoms with E-state index >= 15 is 0 Å². The van der Waals surface area contributed by atoms with Crippen LogP contribution in [-0.2, 0) is 17.9 Å². The molecular weight excluding hydrogens is 408 g/mol. The van der Waals surface area contributed by atoms with Gasteiger partial charge < -0.3 is 24.2 Å². The Morgan fingerprint density at radius 3 is 2.69 bits per heavy atom. The number of rotatable bonds is 7. The summed E-state index contributed by atoms with van der Waals surface area (Å²) in [5.41, 5.74) is 3.28. The molecule has 1 amide bonds. The average Bonchev–Trinajstić information content (AvgIpc) is 3.14. The summed E-state index contributed by atoms with van der Waals surface area (Å²) in [6, 6.07) is 11.1. The fraction of sp³-hybridized carbons (Fsp3) is 0.375. The van der Waals surface area contributed by atoms with E-state index in [4.69, 9.17) is 14.0 Å². The number of aryl methyl sites for hydroxylation is 2. The minimum atomic E-state index is -0.145. The van der Waals surface area contributed by atoms with Crippen molar-refractivity contribution in [3.8, 4) is 5.75 Å². The predicted molar refractivity (Wildman–Crippen MR) is 120 cm³/mol. The minimum Gasteiger partial charge on any atom is -0.489 e. The molecule has 1 fully saturated rings. The maximum absolute atomic E-state index is 12.5. The zero-order valence-electron chi connectivity index (χ0n) is 18.6. The van der Waals surface area contributed by atoms with E-state index in [1.807, 2.05) is 26.0 Å². The van der Waals surface area contributed by atoms with E-state index in [-0.39, 0.29) is 12.0 Å². The molecule has 4 rings (SSSR count). The van der Waals surface area contributed by atoms with E-state index in [1.54, 1.807) is 30.5 Å². The fourth-order valence-electron chi connectivity index (χ4n) is 3.59. The lowest BCUT2D eigenvalue weighted by Gasteiger charge is -2.32. The van der Waals surface area contributed by atoms with Gasteiger partial charge in [0.05, 0.1) is 24.0 Å². The van der Waals surface area contributed by atoms with Gasteiger partial charge in [-0.05, 0) is 56.7 Å². The van der Waals surface area contributed by atoms with Crippen LogP contribution in [0, 0.1) is 13.8 Å². The second kappa shape index (κ2) is 9.82. The molecule has 0 aliphatic carbocycles. The summed E-state index contributed by atoms with van der Waals surface area (Å²) in [6.07, 6.45) is 2.01. The lowest BCUT2D eigenvalue weighted by atomic mass is 10.2. The molecule has 1 N–H and O–H groups in total. The van der Waals surface area contributed by atoms with Crippen LogP contribution in [0.4, 0.5) is 5.82 Å². The van der Waals surface area contributed by atoms with Gasteiger partial charge in [0.2, 0.25) is 0 Å². The monoisotopic (exact) mass is 436 g/mol. The quantitative estimate of drug-likeness (QED) is 0.607. The van der Waals surface area contributed by atoms with Crippen LogP contribution >= 0.6 is 0 Å². The van der Waals surface area contributed by atoms with Gasteiger partial charge in [0.15, 0.2) is 0 Å². The molecular formula is C24H28N4O4. The van der Waals surface area contributed by atoms with Gasteiger partial charge in [-0.3, -0.25) is 4.79 Å². The average molecular weight is 437 g/mol. The first-order chi connectivity index (χ1) is 15.5. The van der Waals surface area contributed by atoms with Gasteiger partial charge in [-0.2, -0.15) is 0 Å². The van der Waals surface area contributed by atoms with Crippen molar-refractivity contribution in [1.29, 1.82) is 0 Å². The highest BCUT2D eigenvalue weighted by molar-refractivity contribution is 5.94. The molecule has 1 aliphatic heterocycles. The number of pyridine rings is 1. The maximum atomic E-state index is 12.5. The van der Waals surface area contributed by atoms with E-state index in [1.165, 1.54) is 0 Å². The Morgan fingerprint density at radius 2 is 2.03 bits per heavy atom. The topological polar surface area (TPSA) is 89.7 Å². The van der Waals surface area contributed by atoms with Crippen molar-refractivity contribution in [3.63, 3.8) is 0 Å². The number of morpholine rings is 1. The smallest absolute Gasteiger partial charge is 0.251 e. The van der Waals surface area contributed by atoms with Gasteiger partial charge in [0.25, 0.3) is 5.91 Å². The standard InChI is InChI=1S/C24H28N4O4/c1-16-14-28(10-11-30-16)23-9-4-19(12-25-23)13-26-24(29)20-5-7-21(8-6-20)31-15-22-17(2)27-32-18(22)3/h4-9,12,16H,10-11,13-15H2,1-3H3,(H,26,29).